The number of hydrogen-bond acceptors (Lipinski definition) is 4. The average Bonchev–Trinajstić information content (AvgIpc) is 3.18. The van der Waals surface area contributed by atoms with E-state index < -0.39 is 17.6 Å². The minimum Gasteiger partial charge on any atom is -0.453 e. The van der Waals surface area contributed by atoms with E-state index in [0.29, 0.717) is 6.54 Å². The molecule has 0 spiro atoms. The van der Waals surface area contributed by atoms with Gasteiger partial charge in [-0.25, -0.2) is 9.78 Å². The number of rotatable bonds is 4. The fourth-order valence-electron chi connectivity index (χ4n) is 3.03. The van der Waals surface area contributed by atoms with Crippen LogP contribution in [-0.2, 0) is 16.0 Å². The molecule has 24 heavy (non-hydrogen) atoms. The molecule has 1 aromatic rings. The van der Waals surface area contributed by atoms with Crippen LogP contribution in [0.15, 0.2) is 6.20 Å². The Morgan fingerprint density at radius 3 is 2.75 bits per heavy atom. The van der Waals surface area contributed by atoms with Gasteiger partial charge in [-0.15, -0.1) is 0 Å². The Labute approximate surface area is 143 Å². The summed E-state index contributed by atoms with van der Waals surface area (Å²) >= 11 is 0. The molecular weight excluding hydrogens is 308 g/mol. The molecule has 134 valence electrons. The van der Waals surface area contributed by atoms with E-state index in [0.717, 1.165) is 30.8 Å². The lowest BCUT2D eigenvalue weighted by atomic mass is 9.85. The molecule has 0 bridgehead atoms. The van der Waals surface area contributed by atoms with Gasteiger partial charge in [-0.05, 0) is 24.7 Å². The van der Waals surface area contributed by atoms with E-state index >= 15 is 0 Å². The highest BCUT2D eigenvalue weighted by Gasteiger charge is 2.41. The van der Waals surface area contributed by atoms with Crippen molar-refractivity contribution in [3.05, 3.63) is 17.7 Å². The Morgan fingerprint density at radius 1 is 1.50 bits per heavy atom. The summed E-state index contributed by atoms with van der Waals surface area (Å²) in [6, 6.07) is -0.715. The number of amides is 2. The predicted molar refractivity (Wildman–Crippen MR) is 90.4 cm³/mol. The van der Waals surface area contributed by atoms with Crippen LogP contribution in [0.25, 0.3) is 0 Å². The van der Waals surface area contributed by atoms with Crippen LogP contribution in [0.5, 0.6) is 0 Å². The number of hydrogen-bond donors (Lipinski definition) is 2. The predicted octanol–water partition coefficient (Wildman–Crippen LogP) is 2.41. The van der Waals surface area contributed by atoms with Crippen molar-refractivity contribution in [3.8, 4) is 0 Å². The molecule has 1 aliphatic rings. The third-order valence-electron chi connectivity index (χ3n) is 4.44. The minimum atomic E-state index is -0.647. The largest absolute Gasteiger partial charge is 0.453 e. The third-order valence-corrected chi connectivity index (χ3v) is 4.44. The van der Waals surface area contributed by atoms with E-state index in [9.17, 15) is 9.59 Å². The molecule has 0 aromatic carbocycles. The summed E-state index contributed by atoms with van der Waals surface area (Å²) < 4.78 is 4.68. The molecule has 1 fully saturated rings. The first-order valence-electron chi connectivity index (χ1n) is 8.46. The number of aryl methyl sites for hydroxylation is 1. The molecule has 2 atom stereocenters. The first kappa shape index (κ1) is 18.3. The van der Waals surface area contributed by atoms with Crippen molar-refractivity contribution in [1.29, 1.82) is 0 Å². The number of ether oxygens (including phenoxy) is 1. The number of aromatic nitrogens is 2. The molecule has 0 radical (unpaired) electrons. The topological polar surface area (TPSA) is 87.3 Å². The van der Waals surface area contributed by atoms with Crippen LogP contribution in [0, 0.1) is 5.41 Å². The monoisotopic (exact) mass is 336 g/mol. The normalized spacial score (nSPS) is 19.2. The number of nitrogens with zero attached hydrogens (tertiary/aromatic N) is 2. The van der Waals surface area contributed by atoms with Crippen molar-refractivity contribution in [1.82, 2.24) is 20.2 Å². The molecule has 0 saturated carbocycles. The van der Waals surface area contributed by atoms with Gasteiger partial charge in [-0.1, -0.05) is 27.7 Å². The summed E-state index contributed by atoms with van der Waals surface area (Å²) in [5.74, 6) is 0.730. The Kier molecular flexibility index (Phi) is 5.51. The summed E-state index contributed by atoms with van der Waals surface area (Å²) in [6.07, 6.45) is 3.91. The molecule has 1 saturated heterocycles. The van der Waals surface area contributed by atoms with Crippen LogP contribution >= 0.6 is 0 Å². The highest BCUT2D eigenvalue weighted by Crippen LogP contribution is 2.33. The average molecular weight is 336 g/mol. The zero-order valence-corrected chi connectivity index (χ0v) is 15.2. The van der Waals surface area contributed by atoms with E-state index in [1.165, 1.54) is 7.11 Å². The summed E-state index contributed by atoms with van der Waals surface area (Å²) in [5, 5.41) is 2.69. The van der Waals surface area contributed by atoms with Gasteiger partial charge in [-0.3, -0.25) is 4.79 Å². The van der Waals surface area contributed by atoms with Crippen molar-refractivity contribution < 1.29 is 14.3 Å². The fourth-order valence-corrected chi connectivity index (χ4v) is 3.03. The smallest absolute Gasteiger partial charge is 0.407 e. The van der Waals surface area contributed by atoms with Crippen LogP contribution < -0.4 is 5.32 Å². The number of alkyl carbamates (subject to hydrolysis) is 1. The van der Waals surface area contributed by atoms with Gasteiger partial charge in [0, 0.05) is 18.4 Å². The maximum Gasteiger partial charge on any atom is 0.407 e. The Morgan fingerprint density at radius 2 is 2.21 bits per heavy atom. The molecule has 0 aliphatic carbocycles. The van der Waals surface area contributed by atoms with Gasteiger partial charge < -0.3 is 19.9 Å². The highest BCUT2D eigenvalue weighted by molar-refractivity contribution is 5.87. The Hall–Kier alpha value is -2.05. The maximum absolute atomic E-state index is 13.1. The number of nitrogens with one attached hydrogen (secondary N) is 2. The van der Waals surface area contributed by atoms with Gasteiger partial charge in [0.15, 0.2) is 0 Å². The van der Waals surface area contributed by atoms with Crippen molar-refractivity contribution in [2.75, 3.05) is 13.7 Å². The molecule has 7 heteroatoms. The molecule has 7 nitrogen and oxygen atoms in total. The van der Waals surface area contributed by atoms with E-state index in [1.54, 1.807) is 0 Å². The number of H-pyrrole nitrogens is 1. The number of methoxy groups -OCH3 is 1. The first-order valence-corrected chi connectivity index (χ1v) is 8.46. The zero-order valence-electron chi connectivity index (χ0n) is 15.2. The van der Waals surface area contributed by atoms with E-state index in [-0.39, 0.29) is 11.9 Å². The summed E-state index contributed by atoms with van der Waals surface area (Å²) in [4.78, 5) is 34.3. The number of aromatic amines is 1. The Balaban J connectivity index is 2.22. The lowest BCUT2D eigenvalue weighted by molar-refractivity contribution is -0.137. The second-order valence-corrected chi connectivity index (χ2v) is 7.27. The zero-order chi connectivity index (χ0) is 17.9. The van der Waals surface area contributed by atoms with Crippen molar-refractivity contribution in [2.24, 2.45) is 5.41 Å². The maximum atomic E-state index is 13.1. The van der Waals surface area contributed by atoms with Crippen LogP contribution in [0.2, 0.25) is 0 Å². The van der Waals surface area contributed by atoms with E-state index in [1.807, 2.05) is 31.9 Å². The standard InChI is InChI=1S/C17H28N4O3/c1-6-11-10-18-14(19-11)12-8-7-9-21(12)15(22)13(17(2,3)4)20-16(23)24-5/h10,12-13H,6-9H2,1-5H3,(H,18,19)(H,20,23)/t12-,13+/m0/s1. The molecular formula is C17H28N4O3. The quantitative estimate of drug-likeness (QED) is 0.884. The van der Waals surface area contributed by atoms with Gasteiger partial charge >= 0.3 is 6.09 Å². The summed E-state index contributed by atoms with van der Waals surface area (Å²) in [5.41, 5.74) is 0.639. The van der Waals surface area contributed by atoms with Gasteiger partial charge in [0.1, 0.15) is 11.9 Å². The lowest BCUT2D eigenvalue weighted by Crippen LogP contribution is -2.54. The van der Waals surface area contributed by atoms with Crippen LogP contribution in [-0.4, -0.2) is 46.6 Å². The Bertz CT molecular complexity index is 591. The molecule has 1 aromatic heterocycles. The SMILES string of the molecule is CCc1cnc([C@@H]2CCCN2C(=O)[C@@H](NC(=O)OC)C(C)(C)C)[nH]1. The number of carbonyl (C=O) groups excluding carboxylic acids is 2. The molecule has 0 unspecified atom stereocenters. The van der Waals surface area contributed by atoms with Crippen molar-refractivity contribution in [2.45, 2.75) is 59.0 Å². The van der Waals surface area contributed by atoms with Gasteiger partial charge in [0.2, 0.25) is 5.91 Å². The molecule has 2 heterocycles. The van der Waals surface area contributed by atoms with Gasteiger partial charge in [0.25, 0.3) is 0 Å². The van der Waals surface area contributed by atoms with Crippen LogP contribution in [0.4, 0.5) is 4.79 Å². The van der Waals surface area contributed by atoms with Gasteiger partial charge in [0.05, 0.1) is 13.2 Å². The molecule has 2 N–H and O–H groups in total. The number of imidazole rings is 1. The van der Waals surface area contributed by atoms with Crippen molar-refractivity contribution >= 4 is 12.0 Å². The van der Waals surface area contributed by atoms with Gasteiger partial charge in [-0.2, -0.15) is 0 Å². The molecule has 2 rings (SSSR count). The summed E-state index contributed by atoms with van der Waals surface area (Å²) in [7, 11) is 1.30. The third kappa shape index (κ3) is 3.88. The molecule has 1 aliphatic heterocycles. The molecule has 2 amide bonds. The highest BCUT2D eigenvalue weighted by atomic mass is 16.5. The van der Waals surface area contributed by atoms with Crippen molar-refractivity contribution in [3.63, 3.8) is 0 Å². The van der Waals surface area contributed by atoms with E-state index in [2.05, 4.69) is 26.9 Å². The second kappa shape index (κ2) is 7.23. The summed E-state index contributed by atoms with van der Waals surface area (Å²) in [6.45, 7) is 8.52. The van der Waals surface area contributed by atoms with E-state index in [4.69, 9.17) is 0 Å². The lowest BCUT2D eigenvalue weighted by Gasteiger charge is -2.35. The number of likely N-dealkylation sites (tertiary alicyclic amines) is 1. The fraction of sp³-hybridized carbons (Fsp3) is 0.706. The minimum absolute atomic E-state index is 0.0675. The van der Waals surface area contributed by atoms with Crippen LogP contribution in [0.1, 0.15) is 58.1 Å². The second-order valence-electron chi connectivity index (χ2n) is 7.27. The first-order chi connectivity index (χ1) is 11.3. The number of carbonyl (C=O) groups is 2. The van der Waals surface area contributed by atoms with Crippen LogP contribution in [0.3, 0.4) is 0 Å².